The average molecular weight is 360 g/mol. The van der Waals surface area contributed by atoms with Gasteiger partial charge in [0, 0.05) is 16.6 Å². The lowest BCUT2D eigenvalue weighted by molar-refractivity contribution is 0.0735. The first kappa shape index (κ1) is 15.1. The number of carbonyl (C=O) groups is 1. The molecule has 0 radical (unpaired) electrons. The van der Waals surface area contributed by atoms with Gasteiger partial charge in [-0.05, 0) is 54.8 Å². The SMILES string of the molecule is COc1cccc(C2CCCN2C(=O)c2ccc(Br)cc2)c1. The first-order valence-electron chi connectivity index (χ1n) is 7.39. The molecule has 22 heavy (non-hydrogen) atoms. The summed E-state index contributed by atoms with van der Waals surface area (Å²) in [5.74, 6) is 0.929. The van der Waals surface area contributed by atoms with Crippen molar-refractivity contribution in [2.75, 3.05) is 13.7 Å². The van der Waals surface area contributed by atoms with Crippen molar-refractivity contribution < 1.29 is 9.53 Å². The summed E-state index contributed by atoms with van der Waals surface area (Å²) >= 11 is 3.40. The summed E-state index contributed by atoms with van der Waals surface area (Å²) < 4.78 is 6.28. The molecule has 0 aromatic heterocycles. The van der Waals surface area contributed by atoms with Gasteiger partial charge in [0.05, 0.1) is 13.2 Å². The van der Waals surface area contributed by atoms with Crippen LogP contribution < -0.4 is 4.74 Å². The lowest BCUT2D eigenvalue weighted by atomic mass is 10.0. The van der Waals surface area contributed by atoms with E-state index in [1.54, 1.807) is 7.11 Å². The maximum atomic E-state index is 12.8. The van der Waals surface area contributed by atoms with E-state index in [0.29, 0.717) is 0 Å². The summed E-state index contributed by atoms with van der Waals surface area (Å²) in [5.41, 5.74) is 1.88. The van der Waals surface area contributed by atoms with Crippen LogP contribution in [0, 0.1) is 0 Å². The van der Waals surface area contributed by atoms with Crippen molar-refractivity contribution in [1.29, 1.82) is 0 Å². The number of carbonyl (C=O) groups excluding carboxylic acids is 1. The summed E-state index contributed by atoms with van der Waals surface area (Å²) in [6, 6.07) is 15.7. The van der Waals surface area contributed by atoms with Gasteiger partial charge in [0.1, 0.15) is 5.75 Å². The van der Waals surface area contributed by atoms with E-state index in [2.05, 4.69) is 22.0 Å². The lowest BCUT2D eigenvalue weighted by Crippen LogP contribution is -2.30. The minimum atomic E-state index is 0.0952. The third-order valence-corrected chi connectivity index (χ3v) is 4.61. The summed E-state index contributed by atoms with van der Waals surface area (Å²) in [7, 11) is 1.67. The van der Waals surface area contributed by atoms with E-state index in [4.69, 9.17) is 4.74 Å². The quantitative estimate of drug-likeness (QED) is 0.810. The van der Waals surface area contributed by atoms with E-state index in [9.17, 15) is 4.79 Å². The Hall–Kier alpha value is -1.81. The molecular formula is C18H18BrNO2. The summed E-state index contributed by atoms with van der Waals surface area (Å²) in [5, 5.41) is 0. The van der Waals surface area contributed by atoms with Gasteiger partial charge < -0.3 is 9.64 Å². The Morgan fingerprint density at radius 2 is 2.00 bits per heavy atom. The molecule has 2 aromatic rings. The molecule has 0 N–H and O–H groups in total. The van der Waals surface area contributed by atoms with Crippen molar-refractivity contribution in [3.8, 4) is 5.75 Å². The third-order valence-electron chi connectivity index (χ3n) is 4.08. The summed E-state index contributed by atoms with van der Waals surface area (Å²) in [6.45, 7) is 0.802. The molecule has 1 amide bonds. The maximum Gasteiger partial charge on any atom is 0.254 e. The molecule has 1 unspecified atom stereocenters. The molecular weight excluding hydrogens is 342 g/mol. The van der Waals surface area contributed by atoms with E-state index < -0.39 is 0 Å². The molecule has 2 aromatic carbocycles. The highest BCUT2D eigenvalue weighted by molar-refractivity contribution is 9.10. The minimum Gasteiger partial charge on any atom is -0.497 e. The van der Waals surface area contributed by atoms with Crippen molar-refractivity contribution >= 4 is 21.8 Å². The van der Waals surface area contributed by atoms with Gasteiger partial charge in [-0.1, -0.05) is 28.1 Å². The van der Waals surface area contributed by atoms with Crippen molar-refractivity contribution in [3.63, 3.8) is 0 Å². The number of ether oxygens (including phenoxy) is 1. The Morgan fingerprint density at radius 3 is 2.73 bits per heavy atom. The van der Waals surface area contributed by atoms with E-state index in [0.717, 1.165) is 40.7 Å². The predicted molar refractivity (Wildman–Crippen MR) is 90.1 cm³/mol. The Balaban J connectivity index is 1.86. The molecule has 1 saturated heterocycles. The highest BCUT2D eigenvalue weighted by atomic mass is 79.9. The number of benzene rings is 2. The molecule has 1 fully saturated rings. The molecule has 1 aliphatic rings. The van der Waals surface area contributed by atoms with E-state index >= 15 is 0 Å². The van der Waals surface area contributed by atoms with Crippen LogP contribution >= 0.6 is 15.9 Å². The molecule has 0 saturated carbocycles. The maximum absolute atomic E-state index is 12.8. The zero-order valence-corrected chi connectivity index (χ0v) is 14.0. The van der Waals surface area contributed by atoms with E-state index in [1.807, 2.05) is 47.4 Å². The highest BCUT2D eigenvalue weighted by Crippen LogP contribution is 2.34. The normalized spacial score (nSPS) is 17.5. The molecule has 4 heteroatoms. The standard InChI is InChI=1S/C18H18BrNO2/c1-22-16-5-2-4-14(12-16)17-6-3-11-20(17)18(21)13-7-9-15(19)10-8-13/h2,4-5,7-10,12,17H,3,6,11H2,1H3. The molecule has 3 rings (SSSR count). The Morgan fingerprint density at radius 1 is 1.23 bits per heavy atom. The first-order valence-corrected chi connectivity index (χ1v) is 8.19. The topological polar surface area (TPSA) is 29.5 Å². The van der Waals surface area contributed by atoms with Gasteiger partial charge in [-0.25, -0.2) is 0 Å². The van der Waals surface area contributed by atoms with Crippen molar-refractivity contribution in [3.05, 3.63) is 64.1 Å². The van der Waals surface area contributed by atoms with Crippen LogP contribution in [-0.2, 0) is 0 Å². The fraction of sp³-hybridized carbons (Fsp3) is 0.278. The van der Waals surface area contributed by atoms with Crippen molar-refractivity contribution in [2.24, 2.45) is 0 Å². The van der Waals surface area contributed by atoms with Crippen LogP contribution in [0.15, 0.2) is 53.0 Å². The number of rotatable bonds is 3. The number of amides is 1. The predicted octanol–water partition coefficient (Wildman–Crippen LogP) is 4.44. The van der Waals surface area contributed by atoms with E-state index in [1.165, 1.54) is 0 Å². The Bertz CT molecular complexity index is 669. The van der Waals surface area contributed by atoms with Gasteiger partial charge in [0.15, 0.2) is 0 Å². The van der Waals surface area contributed by atoms with Gasteiger partial charge in [-0.2, -0.15) is 0 Å². The van der Waals surface area contributed by atoms with Gasteiger partial charge in [-0.3, -0.25) is 4.79 Å². The zero-order valence-electron chi connectivity index (χ0n) is 12.5. The van der Waals surface area contributed by atoms with Crippen LogP contribution in [0.5, 0.6) is 5.75 Å². The fourth-order valence-corrected chi connectivity index (χ4v) is 3.23. The largest absolute Gasteiger partial charge is 0.497 e. The van der Waals surface area contributed by atoms with Gasteiger partial charge in [-0.15, -0.1) is 0 Å². The number of nitrogens with zero attached hydrogens (tertiary/aromatic N) is 1. The van der Waals surface area contributed by atoms with E-state index in [-0.39, 0.29) is 11.9 Å². The second-order valence-electron chi connectivity index (χ2n) is 5.44. The summed E-state index contributed by atoms with van der Waals surface area (Å²) in [6.07, 6.45) is 2.03. The Kier molecular flexibility index (Phi) is 4.48. The van der Waals surface area contributed by atoms with Crippen LogP contribution in [0.3, 0.4) is 0 Å². The van der Waals surface area contributed by atoms with Crippen molar-refractivity contribution in [2.45, 2.75) is 18.9 Å². The lowest BCUT2D eigenvalue weighted by Gasteiger charge is -2.25. The smallest absolute Gasteiger partial charge is 0.254 e. The molecule has 114 valence electrons. The van der Waals surface area contributed by atoms with Gasteiger partial charge in [0.2, 0.25) is 0 Å². The monoisotopic (exact) mass is 359 g/mol. The molecule has 0 bridgehead atoms. The average Bonchev–Trinajstić information content (AvgIpc) is 3.04. The van der Waals surface area contributed by atoms with Gasteiger partial charge >= 0.3 is 0 Å². The number of likely N-dealkylation sites (tertiary alicyclic amines) is 1. The number of hydrogen-bond donors (Lipinski definition) is 0. The third kappa shape index (κ3) is 3.02. The zero-order chi connectivity index (χ0) is 15.5. The van der Waals surface area contributed by atoms with Gasteiger partial charge in [0.25, 0.3) is 5.91 Å². The molecule has 0 aliphatic carbocycles. The van der Waals surface area contributed by atoms with Crippen LogP contribution in [-0.4, -0.2) is 24.5 Å². The Labute approximate surface area is 139 Å². The summed E-state index contributed by atoms with van der Waals surface area (Å²) in [4.78, 5) is 14.7. The number of halogens is 1. The fourth-order valence-electron chi connectivity index (χ4n) is 2.96. The molecule has 3 nitrogen and oxygen atoms in total. The molecule has 1 aliphatic heterocycles. The van der Waals surface area contributed by atoms with Crippen LogP contribution in [0.25, 0.3) is 0 Å². The molecule has 1 atom stereocenters. The first-order chi connectivity index (χ1) is 10.7. The van der Waals surface area contributed by atoms with Crippen LogP contribution in [0.4, 0.5) is 0 Å². The number of hydrogen-bond acceptors (Lipinski definition) is 2. The number of methoxy groups -OCH3 is 1. The minimum absolute atomic E-state index is 0.0952. The van der Waals surface area contributed by atoms with Crippen LogP contribution in [0.2, 0.25) is 0 Å². The molecule has 0 spiro atoms. The van der Waals surface area contributed by atoms with Crippen LogP contribution in [0.1, 0.15) is 34.8 Å². The second-order valence-corrected chi connectivity index (χ2v) is 6.36. The highest BCUT2D eigenvalue weighted by Gasteiger charge is 2.30. The second kappa shape index (κ2) is 6.53. The molecule has 1 heterocycles. The van der Waals surface area contributed by atoms with Crippen molar-refractivity contribution in [1.82, 2.24) is 4.90 Å².